The molecule has 0 aliphatic carbocycles. The molecule has 0 aromatic heterocycles. The maximum absolute atomic E-state index is 13.2. The molecule has 34 heavy (non-hydrogen) atoms. The minimum atomic E-state index is -3.78. The van der Waals surface area contributed by atoms with Crippen molar-refractivity contribution in [2.75, 3.05) is 45.9 Å². The zero-order valence-electron chi connectivity index (χ0n) is 19.1. The molecule has 4 rings (SSSR count). The molecule has 0 saturated carbocycles. The zero-order valence-corrected chi connectivity index (χ0v) is 19.9. The average Bonchev–Trinajstić information content (AvgIpc) is 2.89. The maximum atomic E-state index is 13.2. The van der Waals surface area contributed by atoms with Crippen molar-refractivity contribution < 1.29 is 17.9 Å². The molecule has 180 valence electrons. The number of carbonyl (C=O) groups excluding carboxylic acids is 1. The molecule has 1 atom stereocenters. The van der Waals surface area contributed by atoms with Crippen molar-refractivity contribution in [3.8, 4) is 6.07 Å². The van der Waals surface area contributed by atoms with Crippen molar-refractivity contribution in [2.24, 2.45) is 5.92 Å². The topological polar surface area (TPSA) is 103 Å². The van der Waals surface area contributed by atoms with Gasteiger partial charge in [0, 0.05) is 38.6 Å². The Morgan fingerprint density at radius 3 is 2.35 bits per heavy atom. The number of benzene rings is 2. The highest BCUT2D eigenvalue weighted by atomic mass is 32.2. The Balaban J connectivity index is 1.40. The molecule has 2 aromatic rings. The van der Waals surface area contributed by atoms with Crippen LogP contribution in [0.1, 0.15) is 30.0 Å². The van der Waals surface area contributed by atoms with Crippen LogP contribution in [-0.2, 0) is 19.6 Å². The first-order chi connectivity index (χ1) is 16.5. The van der Waals surface area contributed by atoms with E-state index in [2.05, 4.69) is 10.2 Å². The summed E-state index contributed by atoms with van der Waals surface area (Å²) in [6.45, 7) is 4.25. The Hall–Kier alpha value is -2.77. The fourth-order valence-corrected chi connectivity index (χ4v) is 6.14. The molecule has 8 nitrogen and oxygen atoms in total. The number of hydrogen-bond donors (Lipinski definition) is 1. The quantitative estimate of drug-likeness (QED) is 0.649. The monoisotopic (exact) mass is 482 g/mol. The van der Waals surface area contributed by atoms with Crippen LogP contribution in [0, 0.1) is 17.2 Å². The van der Waals surface area contributed by atoms with Crippen LogP contribution in [-0.4, -0.2) is 69.5 Å². The van der Waals surface area contributed by atoms with E-state index in [1.165, 1.54) is 16.4 Å². The summed E-state index contributed by atoms with van der Waals surface area (Å²) in [5.74, 6) is -0.301. The molecular weight excluding hydrogens is 452 g/mol. The van der Waals surface area contributed by atoms with Gasteiger partial charge in [0.2, 0.25) is 15.9 Å². The lowest BCUT2D eigenvalue weighted by Gasteiger charge is -2.34. The predicted molar refractivity (Wildman–Crippen MR) is 127 cm³/mol. The summed E-state index contributed by atoms with van der Waals surface area (Å²) < 4.78 is 33.0. The van der Waals surface area contributed by atoms with Crippen LogP contribution in [0.3, 0.4) is 0 Å². The third-order valence-electron chi connectivity index (χ3n) is 6.51. The number of rotatable bonds is 7. The average molecular weight is 483 g/mol. The molecule has 0 unspecified atom stereocenters. The van der Waals surface area contributed by atoms with E-state index in [-0.39, 0.29) is 41.4 Å². The van der Waals surface area contributed by atoms with Crippen LogP contribution < -0.4 is 5.32 Å². The smallest absolute Gasteiger partial charge is 0.244 e. The summed E-state index contributed by atoms with van der Waals surface area (Å²) in [6, 6.07) is 18.0. The van der Waals surface area contributed by atoms with E-state index in [1.54, 1.807) is 12.1 Å². The van der Waals surface area contributed by atoms with E-state index in [1.807, 2.05) is 36.4 Å². The minimum Gasteiger partial charge on any atom is -0.379 e. The van der Waals surface area contributed by atoms with Gasteiger partial charge in [0.1, 0.15) is 6.07 Å². The standard InChI is InChI=1S/C25H30N4O4S/c26-18-22-8-4-5-9-24(22)34(31,32)29-12-10-21(11-13-29)25(30)27-23(20-6-2-1-3-7-20)19-28-14-16-33-17-15-28/h1-9,21,23H,10-17,19H2,(H,27,30)/t23-/m0/s1. The fourth-order valence-electron chi connectivity index (χ4n) is 4.53. The second-order valence-electron chi connectivity index (χ2n) is 8.67. The van der Waals surface area contributed by atoms with Gasteiger partial charge in [-0.3, -0.25) is 9.69 Å². The summed E-state index contributed by atoms with van der Waals surface area (Å²) in [5, 5.41) is 12.5. The van der Waals surface area contributed by atoms with Gasteiger partial charge in [-0.1, -0.05) is 42.5 Å². The number of piperidine rings is 1. The molecule has 0 bridgehead atoms. The van der Waals surface area contributed by atoms with E-state index < -0.39 is 10.0 Å². The van der Waals surface area contributed by atoms with Crippen LogP contribution in [0.2, 0.25) is 0 Å². The first-order valence-electron chi connectivity index (χ1n) is 11.6. The van der Waals surface area contributed by atoms with E-state index >= 15 is 0 Å². The normalized spacial score (nSPS) is 19.3. The van der Waals surface area contributed by atoms with Crippen LogP contribution >= 0.6 is 0 Å². The number of ether oxygens (including phenoxy) is 1. The van der Waals surface area contributed by atoms with Crippen LogP contribution in [0.4, 0.5) is 0 Å². The van der Waals surface area contributed by atoms with Crippen molar-refractivity contribution in [3.63, 3.8) is 0 Å². The molecule has 9 heteroatoms. The first kappa shape index (κ1) is 24.4. The van der Waals surface area contributed by atoms with E-state index in [4.69, 9.17) is 4.74 Å². The molecular formula is C25H30N4O4S. The highest BCUT2D eigenvalue weighted by molar-refractivity contribution is 7.89. The number of hydrogen-bond acceptors (Lipinski definition) is 6. The predicted octanol–water partition coefficient (Wildman–Crippen LogP) is 2.15. The molecule has 1 amide bonds. The van der Waals surface area contributed by atoms with Crippen molar-refractivity contribution >= 4 is 15.9 Å². The Morgan fingerprint density at radius 2 is 1.68 bits per heavy atom. The number of morpholine rings is 1. The molecule has 0 spiro atoms. The molecule has 1 N–H and O–H groups in total. The number of carbonyl (C=O) groups is 1. The maximum Gasteiger partial charge on any atom is 0.244 e. The van der Waals surface area contributed by atoms with Crippen LogP contribution in [0.15, 0.2) is 59.5 Å². The Labute approximate surface area is 201 Å². The summed E-state index contributed by atoms with van der Waals surface area (Å²) >= 11 is 0. The zero-order chi connectivity index (χ0) is 24.0. The number of amides is 1. The molecule has 2 heterocycles. The highest BCUT2D eigenvalue weighted by Gasteiger charge is 2.34. The van der Waals surface area contributed by atoms with Gasteiger partial charge >= 0.3 is 0 Å². The summed E-state index contributed by atoms with van der Waals surface area (Å²) in [7, 11) is -3.78. The molecule has 0 radical (unpaired) electrons. The second kappa shape index (κ2) is 11.1. The number of nitriles is 1. The fraction of sp³-hybridized carbons (Fsp3) is 0.440. The van der Waals surface area contributed by atoms with Gasteiger partial charge in [-0.25, -0.2) is 8.42 Å². The van der Waals surface area contributed by atoms with Crippen molar-refractivity contribution in [2.45, 2.75) is 23.8 Å². The third-order valence-corrected chi connectivity index (χ3v) is 8.47. The Bertz CT molecular complexity index is 1120. The van der Waals surface area contributed by atoms with E-state index in [0.29, 0.717) is 32.6 Å². The van der Waals surface area contributed by atoms with Gasteiger partial charge in [-0.15, -0.1) is 0 Å². The molecule has 2 saturated heterocycles. The van der Waals surface area contributed by atoms with E-state index in [0.717, 1.165) is 18.7 Å². The third kappa shape index (κ3) is 5.65. The van der Waals surface area contributed by atoms with Crippen molar-refractivity contribution in [3.05, 3.63) is 65.7 Å². The summed E-state index contributed by atoms with van der Waals surface area (Å²) in [5.41, 5.74) is 1.19. The van der Waals surface area contributed by atoms with E-state index in [9.17, 15) is 18.5 Å². The largest absolute Gasteiger partial charge is 0.379 e. The molecule has 2 aliphatic heterocycles. The number of nitrogens with one attached hydrogen (secondary N) is 1. The Kier molecular flexibility index (Phi) is 7.95. The molecule has 2 aliphatic rings. The van der Waals surface area contributed by atoms with Gasteiger partial charge in [0.05, 0.1) is 29.7 Å². The van der Waals surface area contributed by atoms with Gasteiger partial charge in [0.15, 0.2) is 0 Å². The first-order valence-corrected chi connectivity index (χ1v) is 13.1. The molecule has 2 fully saturated rings. The van der Waals surface area contributed by atoms with Gasteiger partial charge in [0.25, 0.3) is 0 Å². The van der Waals surface area contributed by atoms with Crippen LogP contribution in [0.25, 0.3) is 0 Å². The van der Waals surface area contributed by atoms with Gasteiger partial charge in [-0.2, -0.15) is 9.57 Å². The van der Waals surface area contributed by atoms with Crippen molar-refractivity contribution in [1.29, 1.82) is 5.26 Å². The van der Waals surface area contributed by atoms with Crippen LogP contribution in [0.5, 0.6) is 0 Å². The Morgan fingerprint density at radius 1 is 1.03 bits per heavy atom. The lowest BCUT2D eigenvalue weighted by Crippen LogP contribution is -2.46. The van der Waals surface area contributed by atoms with Gasteiger partial charge in [-0.05, 0) is 30.5 Å². The summed E-state index contributed by atoms with van der Waals surface area (Å²) in [4.78, 5) is 15.5. The van der Waals surface area contributed by atoms with Crippen molar-refractivity contribution in [1.82, 2.24) is 14.5 Å². The SMILES string of the molecule is N#Cc1ccccc1S(=O)(=O)N1CCC(C(=O)N[C@@H](CN2CCOCC2)c2ccccc2)CC1. The number of sulfonamides is 1. The van der Waals surface area contributed by atoms with Gasteiger partial charge < -0.3 is 10.1 Å². The second-order valence-corrected chi connectivity index (χ2v) is 10.6. The lowest BCUT2D eigenvalue weighted by atomic mass is 9.96. The minimum absolute atomic E-state index is 0.0232. The molecule has 2 aromatic carbocycles. The lowest BCUT2D eigenvalue weighted by molar-refractivity contribution is -0.127. The number of nitrogens with zero attached hydrogens (tertiary/aromatic N) is 3. The highest BCUT2D eigenvalue weighted by Crippen LogP contribution is 2.26. The summed E-state index contributed by atoms with van der Waals surface area (Å²) in [6.07, 6.45) is 0.887.